The van der Waals surface area contributed by atoms with Crippen molar-refractivity contribution in [2.45, 2.75) is 30.2 Å². The van der Waals surface area contributed by atoms with Crippen molar-refractivity contribution in [3.63, 3.8) is 0 Å². The first-order valence-corrected chi connectivity index (χ1v) is 9.39. The van der Waals surface area contributed by atoms with Gasteiger partial charge in [-0.3, -0.25) is 4.79 Å². The summed E-state index contributed by atoms with van der Waals surface area (Å²) in [6.07, 6.45) is 2.24. The van der Waals surface area contributed by atoms with Gasteiger partial charge in [-0.05, 0) is 32.0 Å². The van der Waals surface area contributed by atoms with Gasteiger partial charge in [0, 0.05) is 26.7 Å². The Morgan fingerprint density at radius 1 is 1.29 bits per heavy atom. The molecule has 6 nitrogen and oxygen atoms in total. The third-order valence-electron chi connectivity index (χ3n) is 4.16. The van der Waals surface area contributed by atoms with Crippen LogP contribution in [0.25, 0.3) is 0 Å². The number of rotatable bonds is 6. The lowest BCUT2D eigenvalue weighted by Crippen LogP contribution is -2.52. The summed E-state index contributed by atoms with van der Waals surface area (Å²) in [5.41, 5.74) is 0. The maximum Gasteiger partial charge on any atom is 0.243 e. The van der Waals surface area contributed by atoms with E-state index in [4.69, 9.17) is 0 Å². The van der Waals surface area contributed by atoms with Crippen LogP contribution in [0, 0.1) is 0 Å². The standard InChI is InChI=1S/C16H25N3O3S.ClH/c1-17-11-13-18(2)16(20)15-10-6-7-12-19(15)23(21,22)14-8-4-3-5-9-14;/h3-5,8-9,15,17H,6-7,10-13H2,1-2H3;1H. The predicted octanol–water partition coefficient (Wildman–Crippen LogP) is 1.33. The van der Waals surface area contributed by atoms with Crippen molar-refractivity contribution in [1.82, 2.24) is 14.5 Å². The average molecular weight is 376 g/mol. The van der Waals surface area contributed by atoms with E-state index in [0.717, 1.165) is 12.8 Å². The van der Waals surface area contributed by atoms with Gasteiger partial charge in [0.05, 0.1) is 4.90 Å². The summed E-state index contributed by atoms with van der Waals surface area (Å²) in [6.45, 7) is 1.64. The number of halogens is 1. The zero-order valence-corrected chi connectivity index (χ0v) is 15.8. The average Bonchev–Trinajstić information content (AvgIpc) is 2.59. The van der Waals surface area contributed by atoms with Crippen molar-refractivity contribution < 1.29 is 13.2 Å². The molecule has 0 saturated carbocycles. The SMILES string of the molecule is CNCCN(C)C(=O)C1CCCCN1S(=O)(=O)c1ccccc1.Cl. The van der Waals surface area contributed by atoms with Crippen molar-refractivity contribution in [3.05, 3.63) is 30.3 Å². The molecule has 1 fully saturated rings. The second-order valence-corrected chi connectivity index (χ2v) is 7.69. The first-order valence-electron chi connectivity index (χ1n) is 7.95. The third-order valence-corrected chi connectivity index (χ3v) is 6.08. The highest BCUT2D eigenvalue weighted by Gasteiger charge is 2.38. The maximum absolute atomic E-state index is 12.9. The zero-order valence-electron chi connectivity index (χ0n) is 14.1. The van der Waals surface area contributed by atoms with Crippen LogP contribution in [-0.2, 0) is 14.8 Å². The fraction of sp³-hybridized carbons (Fsp3) is 0.562. The monoisotopic (exact) mass is 375 g/mol. The molecule has 1 aromatic rings. The Hall–Kier alpha value is -1.15. The first kappa shape index (κ1) is 20.9. The van der Waals surface area contributed by atoms with Gasteiger partial charge in [-0.15, -0.1) is 12.4 Å². The second kappa shape index (κ2) is 9.36. The molecule has 1 heterocycles. The molecule has 1 aliphatic heterocycles. The number of amides is 1. The third kappa shape index (κ3) is 4.69. The van der Waals surface area contributed by atoms with Gasteiger partial charge in [-0.25, -0.2) is 8.42 Å². The van der Waals surface area contributed by atoms with Gasteiger partial charge in [0.2, 0.25) is 15.9 Å². The lowest BCUT2D eigenvalue weighted by molar-refractivity contribution is -0.134. The predicted molar refractivity (Wildman–Crippen MR) is 96.8 cm³/mol. The topological polar surface area (TPSA) is 69.7 Å². The van der Waals surface area contributed by atoms with E-state index in [0.29, 0.717) is 26.1 Å². The number of sulfonamides is 1. The van der Waals surface area contributed by atoms with Crippen molar-refractivity contribution in [2.24, 2.45) is 0 Å². The fourth-order valence-corrected chi connectivity index (χ4v) is 4.48. The molecule has 1 atom stereocenters. The molecule has 1 amide bonds. The summed E-state index contributed by atoms with van der Waals surface area (Å²) in [7, 11) is -0.0917. The molecular weight excluding hydrogens is 350 g/mol. The molecule has 1 saturated heterocycles. The van der Waals surface area contributed by atoms with Crippen molar-refractivity contribution in [2.75, 3.05) is 33.7 Å². The van der Waals surface area contributed by atoms with Gasteiger partial charge in [0.25, 0.3) is 0 Å². The lowest BCUT2D eigenvalue weighted by atomic mass is 10.0. The second-order valence-electron chi connectivity index (χ2n) is 5.80. The Morgan fingerprint density at radius 2 is 1.96 bits per heavy atom. The van der Waals surface area contributed by atoms with E-state index in [-0.39, 0.29) is 23.2 Å². The van der Waals surface area contributed by atoms with Crippen molar-refractivity contribution >= 4 is 28.3 Å². The molecule has 24 heavy (non-hydrogen) atoms. The Labute approximate surface area is 150 Å². The van der Waals surface area contributed by atoms with Crippen LogP contribution in [-0.4, -0.2) is 63.3 Å². The normalized spacial score (nSPS) is 18.7. The number of likely N-dealkylation sites (N-methyl/N-ethyl adjacent to an activating group) is 2. The highest BCUT2D eigenvalue weighted by atomic mass is 35.5. The lowest BCUT2D eigenvalue weighted by Gasteiger charge is -2.35. The van der Waals surface area contributed by atoms with Crippen LogP contribution in [0.3, 0.4) is 0 Å². The minimum Gasteiger partial charge on any atom is -0.343 e. The van der Waals surface area contributed by atoms with Crippen LogP contribution in [0.2, 0.25) is 0 Å². The molecule has 1 aliphatic rings. The molecule has 0 spiro atoms. The molecule has 1 unspecified atom stereocenters. The summed E-state index contributed by atoms with van der Waals surface area (Å²) in [5, 5.41) is 3.00. The molecule has 0 bridgehead atoms. The van der Waals surface area contributed by atoms with Crippen molar-refractivity contribution in [3.8, 4) is 0 Å². The first-order chi connectivity index (χ1) is 11.0. The number of benzene rings is 1. The van der Waals surface area contributed by atoms with Crippen LogP contribution in [0.5, 0.6) is 0 Å². The van der Waals surface area contributed by atoms with Crippen LogP contribution in [0.15, 0.2) is 35.2 Å². The van der Waals surface area contributed by atoms with E-state index in [9.17, 15) is 13.2 Å². The van der Waals surface area contributed by atoms with Crippen molar-refractivity contribution in [1.29, 1.82) is 0 Å². The molecule has 0 aromatic heterocycles. The maximum atomic E-state index is 12.9. The molecule has 136 valence electrons. The van der Waals surface area contributed by atoms with Gasteiger partial charge in [-0.1, -0.05) is 24.6 Å². The zero-order chi connectivity index (χ0) is 16.9. The summed E-state index contributed by atoms with van der Waals surface area (Å²) < 4.78 is 27.1. The van der Waals surface area contributed by atoms with Crippen LogP contribution < -0.4 is 5.32 Å². The quantitative estimate of drug-likeness (QED) is 0.814. The van der Waals surface area contributed by atoms with E-state index in [1.165, 1.54) is 4.31 Å². The Morgan fingerprint density at radius 3 is 2.58 bits per heavy atom. The molecule has 2 rings (SSSR count). The molecule has 0 radical (unpaired) electrons. The van der Waals surface area contributed by atoms with Gasteiger partial charge >= 0.3 is 0 Å². The van der Waals surface area contributed by atoms with E-state index < -0.39 is 16.1 Å². The molecular formula is C16H26ClN3O3S. The number of nitrogens with zero attached hydrogens (tertiary/aromatic N) is 2. The minimum atomic E-state index is -3.64. The smallest absolute Gasteiger partial charge is 0.243 e. The van der Waals surface area contributed by atoms with E-state index in [1.807, 2.05) is 7.05 Å². The minimum absolute atomic E-state index is 0. The summed E-state index contributed by atoms with van der Waals surface area (Å²) in [5.74, 6) is -0.126. The van der Waals surface area contributed by atoms with E-state index in [2.05, 4.69) is 5.32 Å². The number of hydrogen-bond donors (Lipinski definition) is 1. The van der Waals surface area contributed by atoms with Gasteiger partial charge < -0.3 is 10.2 Å². The molecule has 1 aromatic carbocycles. The van der Waals surface area contributed by atoms with Gasteiger partial charge in [0.15, 0.2) is 0 Å². The number of piperidine rings is 1. The number of hydrogen-bond acceptors (Lipinski definition) is 4. The van der Waals surface area contributed by atoms with E-state index >= 15 is 0 Å². The van der Waals surface area contributed by atoms with Crippen LogP contribution >= 0.6 is 12.4 Å². The summed E-state index contributed by atoms with van der Waals surface area (Å²) in [6, 6.07) is 7.74. The Balaban J connectivity index is 0.00000288. The number of nitrogens with one attached hydrogen (secondary N) is 1. The van der Waals surface area contributed by atoms with Crippen LogP contribution in [0.1, 0.15) is 19.3 Å². The number of carbonyl (C=O) groups excluding carboxylic acids is 1. The summed E-state index contributed by atoms with van der Waals surface area (Å²) in [4.78, 5) is 14.5. The highest BCUT2D eigenvalue weighted by molar-refractivity contribution is 7.89. The molecule has 1 N–H and O–H groups in total. The van der Waals surface area contributed by atoms with Gasteiger partial charge in [0.1, 0.15) is 6.04 Å². The highest BCUT2D eigenvalue weighted by Crippen LogP contribution is 2.26. The van der Waals surface area contributed by atoms with Crippen LogP contribution in [0.4, 0.5) is 0 Å². The Kier molecular flexibility index (Phi) is 8.15. The van der Waals surface area contributed by atoms with Gasteiger partial charge in [-0.2, -0.15) is 4.31 Å². The molecule has 0 aliphatic carbocycles. The van der Waals surface area contributed by atoms with E-state index in [1.54, 1.807) is 42.3 Å². The fourth-order valence-electron chi connectivity index (χ4n) is 2.81. The number of carbonyl (C=O) groups is 1. The summed E-state index contributed by atoms with van der Waals surface area (Å²) >= 11 is 0. The molecule has 8 heteroatoms. The largest absolute Gasteiger partial charge is 0.343 e. The Bertz CT molecular complexity index is 625.